The molecule has 2 atom stereocenters. The number of fused-ring (bicyclic) bond motifs is 1. The van der Waals surface area contributed by atoms with Gasteiger partial charge in [-0.2, -0.15) is 0 Å². The van der Waals surface area contributed by atoms with Gasteiger partial charge < -0.3 is 5.32 Å². The summed E-state index contributed by atoms with van der Waals surface area (Å²) in [5.74, 6) is 0.973. The van der Waals surface area contributed by atoms with Crippen LogP contribution in [0.4, 0.5) is 11.4 Å². The van der Waals surface area contributed by atoms with E-state index >= 15 is 0 Å². The van der Waals surface area contributed by atoms with Crippen molar-refractivity contribution in [3.05, 3.63) is 45.8 Å². The Morgan fingerprint density at radius 2 is 2.15 bits per heavy atom. The first-order valence-corrected chi connectivity index (χ1v) is 9.94. The lowest BCUT2D eigenvalue weighted by molar-refractivity contribution is -0.384. The summed E-state index contributed by atoms with van der Waals surface area (Å²) >= 11 is 3.11. The van der Waals surface area contributed by atoms with Gasteiger partial charge in [0.2, 0.25) is 5.91 Å². The highest BCUT2D eigenvalue weighted by Crippen LogP contribution is 2.47. The number of hydrogen-bond acceptors (Lipinski definition) is 7. The van der Waals surface area contributed by atoms with Crippen molar-refractivity contribution in [2.24, 2.45) is 0 Å². The summed E-state index contributed by atoms with van der Waals surface area (Å²) in [6.45, 7) is 6.16. The second-order valence-electron chi connectivity index (χ2n) is 6.05. The average Bonchev–Trinajstić information content (AvgIpc) is 2.87. The van der Waals surface area contributed by atoms with Gasteiger partial charge in [-0.15, -0.1) is 11.8 Å². The van der Waals surface area contributed by atoms with Crippen molar-refractivity contribution in [1.29, 1.82) is 0 Å². The molecule has 2 heterocycles. The Kier molecular flexibility index (Phi) is 5.47. The van der Waals surface area contributed by atoms with Crippen molar-refractivity contribution in [3.8, 4) is 0 Å². The van der Waals surface area contributed by atoms with Gasteiger partial charge in [0, 0.05) is 28.6 Å². The number of hydrogen-bond donors (Lipinski definition) is 1. The largest absolute Gasteiger partial charge is 0.325 e. The van der Waals surface area contributed by atoms with E-state index in [9.17, 15) is 14.9 Å². The van der Waals surface area contributed by atoms with Crippen LogP contribution in [0.2, 0.25) is 0 Å². The summed E-state index contributed by atoms with van der Waals surface area (Å²) < 4.78 is 0. The lowest BCUT2D eigenvalue weighted by Gasteiger charge is -2.12. The van der Waals surface area contributed by atoms with Crippen molar-refractivity contribution >= 4 is 40.8 Å². The number of aromatic nitrogens is 2. The fraction of sp³-hybridized carbons (Fsp3) is 0.353. The minimum Gasteiger partial charge on any atom is -0.325 e. The third kappa shape index (κ3) is 3.99. The quantitative estimate of drug-likeness (QED) is 0.356. The van der Waals surface area contributed by atoms with Crippen LogP contribution in [0.15, 0.2) is 34.3 Å². The molecule has 0 spiro atoms. The monoisotopic (exact) mass is 390 g/mol. The molecule has 1 aliphatic heterocycles. The van der Waals surface area contributed by atoms with Crippen LogP contribution in [0.1, 0.15) is 31.2 Å². The van der Waals surface area contributed by atoms with Gasteiger partial charge in [-0.05, 0) is 18.9 Å². The molecule has 3 rings (SSSR count). The number of rotatable bonds is 5. The molecule has 1 N–H and O–H groups in total. The number of amides is 1. The number of anilines is 1. The van der Waals surface area contributed by atoms with Gasteiger partial charge >= 0.3 is 0 Å². The number of non-ortho nitro benzene ring substituents is 1. The minimum absolute atomic E-state index is 0.0560. The molecule has 9 heteroatoms. The third-order valence-corrected chi connectivity index (χ3v) is 6.43. The summed E-state index contributed by atoms with van der Waals surface area (Å²) in [6, 6.07) is 5.90. The van der Waals surface area contributed by atoms with E-state index in [0.717, 1.165) is 15.6 Å². The maximum absolute atomic E-state index is 12.2. The number of nitro benzene ring substituents is 1. The van der Waals surface area contributed by atoms with E-state index in [1.165, 1.54) is 23.9 Å². The minimum atomic E-state index is -0.488. The number of aryl methyl sites for hydroxylation is 1. The molecule has 0 saturated carbocycles. The molecule has 0 unspecified atom stereocenters. The topological polar surface area (TPSA) is 98.0 Å². The lowest BCUT2D eigenvalue weighted by atomic mass is 10.0. The molecule has 1 aromatic heterocycles. The van der Waals surface area contributed by atoms with Crippen LogP contribution in [-0.2, 0) is 4.79 Å². The number of nitrogens with zero attached hydrogens (tertiary/aromatic N) is 3. The van der Waals surface area contributed by atoms with Crippen molar-refractivity contribution in [1.82, 2.24) is 9.97 Å². The van der Waals surface area contributed by atoms with Crippen LogP contribution in [0.5, 0.6) is 0 Å². The number of nitrogens with one attached hydrogen (secondary N) is 1. The molecule has 1 aromatic carbocycles. The van der Waals surface area contributed by atoms with E-state index in [4.69, 9.17) is 0 Å². The highest BCUT2D eigenvalue weighted by Gasteiger charge is 2.31. The van der Waals surface area contributed by atoms with Gasteiger partial charge in [0.15, 0.2) is 0 Å². The summed E-state index contributed by atoms with van der Waals surface area (Å²) in [6.07, 6.45) is 0. The van der Waals surface area contributed by atoms with E-state index in [0.29, 0.717) is 22.7 Å². The third-order valence-electron chi connectivity index (χ3n) is 4.13. The van der Waals surface area contributed by atoms with E-state index in [1.54, 1.807) is 23.9 Å². The Morgan fingerprint density at radius 1 is 1.38 bits per heavy atom. The first kappa shape index (κ1) is 18.7. The van der Waals surface area contributed by atoms with Gasteiger partial charge in [-0.3, -0.25) is 14.9 Å². The molecule has 0 radical (unpaired) electrons. The van der Waals surface area contributed by atoms with E-state index in [-0.39, 0.29) is 17.3 Å². The highest BCUT2D eigenvalue weighted by atomic mass is 32.2. The summed E-state index contributed by atoms with van der Waals surface area (Å²) in [5.41, 5.74) is 1.47. The number of carbonyl (C=O) groups is 1. The van der Waals surface area contributed by atoms with Crippen LogP contribution in [-0.4, -0.2) is 31.8 Å². The van der Waals surface area contributed by atoms with Crippen LogP contribution in [0.25, 0.3) is 0 Å². The molecule has 1 aliphatic rings. The SMILES string of the molecule is Cc1nc(SCC(=O)Nc2cccc([N+](=O)[O-])c2)c2c(n1)S[C@H](C)[C@H]2C. The molecule has 7 nitrogen and oxygen atoms in total. The van der Waals surface area contributed by atoms with E-state index in [2.05, 4.69) is 29.1 Å². The zero-order valence-corrected chi connectivity index (χ0v) is 16.2. The Balaban J connectivity index is 1.69. The van der Waals surface area contributed by atoms with Crippen molar-refractivity contribution in [3.63, 3.8) is 0 Å². The number of benzene rings is 1. The normalized spacial score (nSPS) is 18.4. The summed E-state index contributed by atoms with van der Waals surface area (Å²) in [5, 5.41) is 15.8. The maximum atomic E-state index is 12.2. The molecule has 136 valence electrons. The van der Waals surface area contributed by atoms with Gasteiger partial charge in [0.1, 0.15) is 15.9 Å². The first-order valence-electron chi connectivity index (χ1n) is 8.07. The number of nitro groups is 1. The number of carbonyl (C=O) groups excluding carboxylic acids is 1. The van der Waals surface area contributed by atoms with E-state index < -0.39 is 4.92 Å². The molecule has 2 aromatic rings. The molecule has 26 heavy (non-hydrogen) atoms. The molecule has 0 saturated heterocycles. The zero-order valence-electron chi connectivity index (χ0n) is 14.6. The molecule has 1 amide bonds. The van der Waals surface area contributed by atoms with Gasteiger partial charge in [-0.1, -0.05) is 31.7 Å². The Labute approximate surface area is 159 Å². The molecule has 0 fully saturated rings. The zero-order chi connectivity index (χ0) is 18.8. The summed E-state index contributed by atoms with van der Waals surface area (Å²) in [7, 11) is 0. The van der Waals surface area contributed by atoms with E-state index in [1.807, 2.05) is 6.92 Å². The van der Waals surface area contributed by atoms with Crippen LogP contribution in [0, 0.1) is 17.0 Å². The standard InChI is InChI=1S/C17H18N4O3S2/c1-9-10(2)26-17-15(9)16(18-11(3)19-17)25-8-14(22)20-12-5-4-6-13(7-12)21(23)24/h4-7,9-10H,8H2,1-3H3,(H,20,22)/t9-,10-/m1/s1. The second kappa shape index (κ2) is 7.63. The van der Waals surface area contributed by atoms with Crippen LogP contribution < -0.4 is 5.32 Å². The summed E-state index contributed by atoms with van der Waals surface area (Å²) in [4.78, 5) is 31.6. The number of thioether (sulfide) groups is 2. The smallest absolute Gasteiger partial charge is 0.271 e. The van der Waals surface area contributed by atoms with Crippen molar-refractivity contribution < 1.29 is 9.72 Å². The first-order chi connectivity index (χ1) is 12.3. The Morgan fingerprint density at radius 3 is 2.88 bits per heavy atom. The average molecular weight is 390 g/mol. The fourth-order valence-electron chi connectivity index (χ4n) is 2.66. The molecule has 0 aliphatic carbocycles. The van der Waals surface area contributed by atoms with Crippen molar-refractivity contribution in [2.45, 2.75) is 42.0 Å². The van der Waals surface area contributed by atoms with Gasteiger partial charge in [-0.25, -0.2) is 9.97 Å². The molecular formula is C17H18N4O3S2. The predicted octanol–water partition coefficient (Wildman–Crippen LogP) is 4.02. The van der Waals surface area contributed by atoms with Crippen LogP contribution >= 0.6 is 23.5 Å². The molecule has 0 bridgehead atoms. The van der Waals surface area contributed by atoms with Crippen molar-refractivity contribution in [2.75, 3.05) is 11.1 Å². The molecular weight excluding hydrogens is 372 g/mol. The Hall–Kier alpha value is -2.13. The maximum Gasteiger partial charge on any atom is 0.271 e. The Bertz CT molecular complexity index is 875. The van der Waals surface area contributed by atoms with Crippen LogP contribution in [0.3, 0.4) is 0 Å². The fourth-order valence-corrected chi connectivity index (χ4v) is 4.99. The van der Waals surface area contributed by atoms with Gasteiger partial charge in [0.05, 0.1) is 10.7 Å². The van der Waals surface area contributed by atoms with Gasteiger partial charge in [0.25, 0.3) is 5.69 Å². The second-order valence-corrected chi connectivity index (χ2v) is 8.38. The predicted molar refractivity (Wildman–Crippen MR) is 103 cm³/mol. The lowest BCUT2D eigenvalue weighted by Crippen LogP contribution is -2.15. The highest BCUT2D eigenvalue weighted by molar-refractivity contribution is 8.01.